The van der Waals surface area contributed by atoms with E-state index in [2.05, 4.69) is 9.80 Å². The first-order valence-corrected chi connectivity index (χ1v) is 7.99. The minimum atomic E-state index is -0.305. The summed E-state index contributed by atoms with van der Waals surface area (Å²) in [6.45, 7) is 2.01. The van der Waals surface area contributed by atoms with Gasteiger partial charge in [-0.05, 0) is 38.0 Å². The standard InChI is InChI=1S/C15H24N2O2/c18-14-6-3-5-13-11-8-10(9-17(13)14)12-4-1-2-7-16(12)15(11)19/h10-13,15,19H,1-9H2/t10-,11+,12-,13+,15?/m0/s1. The molecule has 19 heavy (non-hydrogen) atoms. The molecule has 4 aliphatic rings. The Balaban J connectivity index is 1.64. The van der Waals surface area contributed by atoms with Crippen LogP contribution in [0.5, 0.6) is 0 Å². The highest BCUT2D eigenvalue weighted by Crippen LogP contribution is 2.45. The Morgan fingerprint density at radius 3 is 2.84 bits per heavy atom. The predicted octanol–water partition coefficient (Wildman–Crippen LogP) is 1.19. The van der Waals surface area contributed by atoms with Crippen LogP contribution in [-0.2, 0) is 4.79 Å². The number of carbonyl (C=O) groups is 1. The number of hydrogen-bond donors (Lipinski definition) is 1. The largest absolute Gasteiger partial charge is 0.378 e. The van der Waals surface area contributed by atoms with Crippen LogP contribution in [0.2, 0.25) is 0 Å². The van der Waals surface area contributed by atoms with Gasteiger partial charge in [0.15, 0.2) is 0 Å². The van der Waals surface area contributed by atoms with E-state index in [4.69, 9.17) is 0 Å². The van der Waals surface area contributed by atoms with E-state index in [9.17, 15) is 9.90 Å². The van der Waals surface area contributed by atoms with Gasteiger partial charge in [-0.3, -0.25) is 9.69 Å². The van der Waals surface area contributed by atoms with Gasteiger partial charge in [0, 0.05) is 37.5 Å². The second-order valence-corrected chi connectivity index (χ2v) is 6.88. The third-order valence-corrected chi connectivity index (χ3v) is 5.97. The molecule has 0 aromatic heterocycles. The zero-order chi connectivity index (χ0) is 13.0. The van der Waals surface area contributed by atoms with Crippen LogP contribution >= 0.6 is 0 Å². The maximum Gasteiger partial charge on any atom is 0.222 e. The van der Waals surface area contributed by atoms with Crippen LogP contribution < -0.4 is 0 Å². The molecule has 106 valence electrons. The summed E-state index contributed by atoms with van der Waals surface area (Å²) in [5.74, 6) is 1.24. The zero-order valence-corrected chi connectivity index (χ0v) is 11.5. The van der Waals surface area contributed by atoms with Crippen molar-refractivity contribution in [2.24, 2.45) is 11.8 Å². The minimum absolute atomic E-state index is 0.303. The molecule has 4 nitrogen and oxygen atoms in total. The molecule has 0 radical (unpaired) electrons. The summed E-state index contributed by atoms with van der Waals surface area (Å²) in [6.07, 6.45) is 7.38. The fourth-order valence-corrected chi connectivity index (χ4v) is 5.12. The predicted molar refractivity (Wildman–Crippen MR) is 71.3 cm³/mol. The van der Waals surface area contributed by atoms with Gasteiger partial charge in [0.2, 0.25) is 5.91 Å². The van der Waals surface area contributed by atoms with Crippen LogP contribution in [0.1, 0.15) is 44.9 Å². The Morgan fingerprint density at radius 2 is 1.95 bits per heavy atom. The van der Waals surface area contributed by atoms with E-state index in [1.54, 1.807) is 0 Å². The van der Waals surface area contributed by atoms with Crippen molar-refractivity contribution in [2.75, 3.05) is 13.1 Å². The van der Waals surface area contributed by atoms with Crippen molar-refractivity contribution in [3.63, 3.8) is 0 Å². The monoisotopic (exact) mass is 264 g/mol. The summed E-state index contributed by atoms with van der Waals surface area (Å²) in [4.78, 5) is 16.6. The molecule has 1 N–H and O–H groups in total. The first-order chi connectivity index (χ1) is 9.25. The van der Waals surface area contributed by atoms with Crippen LogP contribution in [0.3, 0.4) is 0 Å². The van der Waals surface area contributed by atoms with Gasteiger partial charge in [0.1, 0.15) is 6.23 Å². The molecule has 4 aliphatic heterocycles. The van der Waals surface area contributed by atoms with E-state index in [0.717, 1.165) is 38.8 Å². The second-order valence-electron chi connectivity index (χ2n) is 6.88. The van der Waals surface area contributed by atoms with Crippen molar-refractivity contribution in [1.82, 2.24) is 9.80 Å². The number of rotatable bonds is 0. The molecule has 4 fully saturated rings. The zero-order valence-electron chi connectivity index (χ0n) is 11.5. The molecule has 0 saturated carbocycles. The van der Waals surface area contributed by atoms with Crippen molar-refractivity contribution in [3.8, 4) is 0 Å². The summed E-state index contributed by atoms with van der Waals surface area (Å²) in [6, 6.07) is 0.839. The third-order valence-electron chi connectivity index (χ3n) is 5.97. The van der Waals surface area contributed by atoms with Gasteiger partial charge < -0.3 is 10.0 Å². The maximum atomic E-state index is 12.2. The first kappa shape index (κ1) is 12.2. The molecule has 1 amide bonds. The summed E-state index contributed by atoms with van der Waals surface area (Å²) >= 11 is 0. The second kappa shape index (κ2) is 4.45. The highest BCUT2D eigenvalue weighted by molar-refractivity contribution is 5.77. The first-order valence-electron chi connectivity index (χ1n) is 7.99. The van der Waals surface area contributed by atoms with Gasteiger partial charge >= 0.3 is 0 Å². The summed E-state index contributed by atoms with van der Waals surface area (Å²) in [5.41, 5.74) is 0. The Labute approximate surface area is 114 Å². The Morgan fingerprint density at radius 1 is 1.11 bits per heavy atom. The smallest absolute Gasteiger partial charge is 0.222 e. The fourth-order valence-electron chi connectivity index (χ4n) is 5.12. The lowest BCUT2D eigenvalue weighted by molar-refractivity contribution is -0.185. The van der Waals surface area contributed by atoms with E-state index in [1.165, 1.54) is 19.3 Å². The highest BCUT2D eigenvalue weighted by atomic mass is 16.3. The number of nitrogens with zero attached hydrogens (tertiary/aromatic N) is 2. The average molecular weight is 264 g/mol. The third kappa shape index (κ3) is 1.76. The number of carbonyl (C=O) groups excluding carboxylic acids is 1. The molecule has 0 aromatic rings. The van der Waals surface area contributed by atoms with Crippen LogP contribution in [0, 0.1) is 11.8 Å². The molecule has 2 bridgehead atoms. The van der Waals surface area contributed by atoms with Crippen molar-refractivity contribution in [3.05, 3.63) is 0 Å². The van der Waals surface area contributed by atoms with Gasteiger partial charge in [-0.2, -0.15) is 0 Å². The molecule has 0 aromatic carbocycles. The summed E-state index contributed by atoms with van der Waals surface area (Å²) < 4.78 is 0. The van der Waals surface area contributed by atoms with Crippen LogP contribution in [0.15, 0.2) is 0 Å². The number of amides is 1. The molecular formula is C15H24N2O2. The molecule has 4 heterocycles. The number of fused-ring (bicyclic) bond motifs is 6. The average Bonchev–Trinajstić information content (AvgIpc) is 2.45. The number of aliphatic hydroxyl groups is 1. The van der Waals surface area contributed by atoms with Crippen molar-refractivity contribution < 1.29 is 9.90 Å². The SMILES string of the molecule is O=C1CCC[C@@H]2[C@H]3C[C@@H](CN12)[C@@H]1CCCCN1C3O. The van der Waals surface area contributed by atoms with Crippen molar-refractivity contribution in [2.45, 2.75) is 63.3 Å². The number of aliphatic hydroxyl groups excluding tert-OH is 1. The Bertz CT molecular complexity index is 386. The molecule has 0 spiro atoms. The Hall–Kier alpha value is -0.610. The van der Waals surface area contributed by atoms with E-state index in [0.29, 0.717) is 29.8 Å². The minimum Gasteiger partial charge on any atom is -0.378 e. The maximum absolute atomic E-state index is 12.2. The lowest BCUT2D eigenvalue weighted by Gasteiger charge is -2.58. The highest BCUT2D eigenvalue weighted by Gasteiger charge is 2.52. The molecule has 0 aliphatic carbocycles. The summed E-state index contributed by atoms with van der Waals surface area (Å²) in [7, 11) is 0. The van der Waals surface area contributed by atoms with Crippen molar-refractivity contribution >= 4 is 5.91 Å². The van der Waals surface area contributed by atoms with Crippen LogP contribution in [0.25, 0.3) is 0 Å². The topological polar surface area (TPSA) is 43.8 Å². The normalized spacial score (nSPS) is 46.7. The quantitative estimate of drug-likeness (QED) is 0.715. The summed E-state index contributed by atoms with van der Waals surface area (Å²) in [5, 5.41) is 10.7. The molecule has 4 heteroatoms. The van der Waals surface area contributed by atoms with E-state index in [1.807, 2.05) is 0 Å². The van der Waals surface area contributed by atoms with Gasteiger partial charge in [-0.1, -0.05) is 6.42 Å². The molecule has 4 rings (SSSR count). The van der Waals surface area contributed by atoms with Crippen molar-refractivity contribution in [1.29, 1.82) is 0 Å². The van der Waals surface area contributed by atoms with Gasteiger partial charge in [-0.25, -0.2) is 0 Å². The van der Waals surface area contributed by atoms with Crippen LogP contribution in [-0.4, -0.2) is 52.2 Å². The van der Waals surface area contributed by atoms with Gasteiger partial charge in [0.05, 0.1) is 0 Å². The fraction of sp³-hybridized carbons (Fsp3) is 0.933. The number of hydrogen-bond acceptors (Lipinski definition) is 3. The van der Waals surface area contributed by atoms with E-state index < -0.39 is 0 Å². The van der Waals surface area contributed by atoms with Crippen LogP contribution in [0.4, 0.5) is 0 Å². The van der Waals surface area contributed by atoms with Gasteiger partial charge in [0.25, 0.3) is 0 Å². The molecule has 1 unspecified atom stereocenters. The van der Waals surface area contributed by atoms with E-state index >= 15 is 0 Å². The number of piperidine rings is 4. The Kier molecular flexibility index (Phi) is 2.85. The molecule has 4 saturated heterocycles. The molecule has 5 atom stereocenters. The lowest BCUT2D eigenvalue weighted by Crippen LogP contribution is -2.68. The molecular weight excluding hydrogens is 240 g/mol. The lowest BCUT2D eigenvalue weighted by atomic mass is 9.70. The van der Waals surface area contributed by atoms with Gasteiger partial charge in [-0.15, -0.1) is 0 Å². The van der Waals surface area contributed by atoms with E-state index in [-0.39, 0.29) is 6.23 Å².